The number of rotatable bonds is 6. The SMILES string of the molecule is Cc1c(Cc2cccc([N+](=O)[O-])c2)c(=O)oc2cc(OC(=O)N(C)C)c(C(C)[Si](C)(C)C)cc12. The minimum Gasteiger partial charge on any atom is -0.422 e. The molecule has 1 unspecified atom stereocenters. The lowest BCUT2D eigenvalue weighted by Crippen LogP contribution is -2.30. The molecule has 1 atom stereocenters. The van der Waals surface area contributed by atoms with Gasteiger partial charge in [-0.1, -0.05) is 38.7 Å². The van der Waals surface area contributed by atoms with Gasteiger partial charge in [-0.25, -0.2) is 9.59 Å². The molecule has 3 rings (SSSR count). The molecule has 0 N–H and O–H groups in total. The van der Waals surface area contributed by atoms with E-state index in [1.54, 1.807) is 32.3 Å². The van der Waals surface area contributed by atoms with Crippen molar-refractivity contribution < 1.29 is 18.9 Å². The minimum absolute atomic E-state index is 0.0288. The number of nitro groups is 1. The number of carbonyl (C=O) groups excluding carboxylic acids is 1. The van der Waals surface area contributed by atoms with Crippen LogP contribution < -0.4 is 10.4 Å². The fourth-order valence-corrected chi connectivity index (χ4v) is 4.86. The lowest BCUT2D eigenvalue weighted by atomic mass is 9.97. The Bertz CT molecular complexity index is 1320. The average molecular weight is 483 g/mol. The van der Waals surface area contributed by atoms with E-state index in [9.17, 15) is 19.7 Å². The summed E-state index contributed by atoms with van der Waals surface area (Å²) >= 11 is 0. The number of amides is 1. The lowest BCUT2D eigenvalue weighted by Gasteiger charge is -2.28. The minimum atomic E-state index is -1.68. The van der Waals surface area contributed by atoms with E-state index in [1.165, 1.54) is 17.0 Å². The van der Waals surface area contributed by atoms with Gasteiger partial charge in [0.05, 0.1) is 13.0 Å². The van der Waals surface area contributed by atoms with E-state index in [-0.39, 0.29) is 17.6 Å². The first-order valence-corrected chi connectivity index (χ1v) is 14.6. The van der Waals surface area contributed by atoms with Crippen molar-refractivity contribution >= 4 is 30.8 Å². The fraction of sp³-hybridized carbons (Fsp3) is 0.360. The topological polar surface area (TPSA) is 103 Å². The highest BCUT2D eigenvalue weighted by Gasteiger charge is 2.29. The summed E-state index contributed by atoms with van der Waals surface area (Å²) in [6, 6.07) is 9.80. The van der Waals surface area contributed by atoms with Gasteiger partial charge in [0.2, 0.25) is 0 Å². The molecule has 180 valence electrons. The Hall–Kier alpha value is -3.46. The summed E-state index contributed by atoms with van der Waals surface area (Å²) < 4.78 is 11.3. The largest absolute Gasteiger partial charge is 0.422 e. The van der Waals surface area contributed by atoms with Gasteiger partial charge in [-0.05, 0) is 35.2 Å². The molecule has 1 amide bonds. The summed E-state index contributed by atoms with van der Waals surface area (Å²) in [6.45, 7) is 10.7. The van der Waals surface area contributed by atoms with Crippen molar-refractivity contribution in [2.45, 2.75) is 45.5 Å². The van der Waals surface area contributed by atoms with Crippen LogP contribution in [0.25, 0.3) is 11.0 Å². The third kappa shape index (κ3) is 5.20. The highest BCUT2D eigenvalue weighted by atomic mass is 28.3. The van der Waals surface area contributed by atoms with Crippen LogP contribution in [0.1, 0.15) is 34.7 Å². The monoisotopic (exact) mass is 482 g/mol. The quantitative estimate of drug-likeness (QED) is 0.195. The van der Waals surface area contributed by atoms with Crippen LogP contribution in [0.5, 0.6) is 5.75 Å². The van der Waals surface area contributed by atoms with Crippen molar-refractivity contribution in [2.75, 3.05) is 14.1 Å². The molecule has 1 aromatic heterocycles. The van der Waals surface area contributed by atoms with Crippen LogP contribution in [0.3, 0.4) is 0 Å². The van der Waals surface area contributed by atoms with Crippen LogP contribution in [-0.4, -0.2) is 38.1 Å². The van der Waals surface area contributed by atoms with E-state index in [4.69, 9.17) is 9.15 Å². The number of fused-ring (bicyclic) bond motifs is 1. The maximum Gasteiger partial charge on any atom is 0.414 e. The van der Waals surface area contributed by atoms with Crippen molar-refractivity contribution in [3.63, 3.8) is 0 Å². The molecule has 0 saturated heterocycles. The molecular weight excluding hydrogens is 452 g/mol. The second-order valence-electron chi connectivity index (χ2n) is 9.83. The molecule has 3 aromatic rings. The predicted octanol–water partition coefficient (Wildman–Crippen LogP) is 5.64. The Kier molecular flexibility index (Phi) is 6.97. The number of nitro benzene ring substituents is 1. The number of aryl methyl sites for hydroxylation is 1. The molecule has 0 aliphatic carbocycles. The third-order valence-corrected chi connectivity index (χ3v) is 9.16. The van der Waals surface area contributed by atoms with Crippen molar-refractivity contribution in [3.05, 3.63) is 79.2 Å². The summed E-state index contributed by atoms with van der Waals surface area (Å²) in [5, 5.41) is 11.9. The van der Waals surface area contributed by atoms with Gasteiger partial charge in [-0.15, -0.1) is 0 Å². The van der Waals surface area contributed by atoms with Crippen LogP contribution >= 0.6 is 0 Å². The lowest BCUT2D eigenvalue weighted by molar-refractivity contribution is -0.384. The van der Waals surface area contributed by atoms with Crippen LogP contribution in [0.15, 0.2) is 45.6 Å². The number of non-ortho nitro benzene ring substituents is 1. The second-order valence-corrected chi connectivity index (χ2v) is 15.4. The first-order valence-electron chi connectivity index (χ1n) is 11.0. The molecule has 9 heteroatoms. The van der Waals surface area contributed by atoms with Crippen LogP contribution in [0.2, 0.25) is 19.6 Å². The molecule has 0 radical (unpaired) electrons. The van der Waals surface area contributed by atoms with Gasteiger partial charge in [0.15, 0.2) is 0 Å². The van der Waals surface area contributed by atoms with Crippen molar-refractivity contribution in [1.82, 2.24) is 4.90 Å². The van der Waals surface area contributed by atoms with Crippen molar-refractivity contribution in [1.29, 1.82) is 0 Å². The molecule has 0 aliphatic rings. The van der Waals surface area contributed by atoms with E-state index in [0.717, 1.165) is 16.5 Å². The van der Waals surface area contributed by atoms with Gasteiger partial charge < -0.3 is 14.1 Å². The van der Waals surface area contributed by atoms with Crippen LogP contribution in [0, 0.1) is 17.0 Å². The number of nitrogens with zero attached hydrogens (tertiary/aromatic N) is 2. The predicted molar refractivity (Wildman–Crippen MR) is 135 cm³/mol. The normalized spacial score (nSPS) is 12.4. The maximum atomic E-state index is 12.9. The highest BCUT2D eigenvalue weighted by molar-refractivity contribution is 6.77. The molecule has 1 heterocycles. The first kappa shape index (κ1) is 25.2. The summed E-state index contributed by atoms with van der Waals surface area (Å²) in [5.41, 5.74) is 2.67. The van der Waals surface area contributed by atoms with Gasteiger partial charge >= 0.3 is 11.7 Å². The van der Waals surface area contributed by atoms with Crippen LogP contribution in [-0.2, 0) is 6.42 Å². The first-order chi connectivity index (χ1) is 15.8. The summed E-state index contributed by atoms with van der Waals surface area (Å²) in [7, 11) is 1.53. The van der Waals surface area contributed by atoms with E-state index in [0.29, 0.717) is 22.5 Å². The second kappa shape index (κ2) is 9.42. The molecule has 0 aliphatic heterocycles. The van der Waals surface area contributed by atoms with Gasteiger partial charge in [0, 0.05) is 49.7 Å². The van der Waals surface area contributed by atoms with E-state index >= 15 is 0 Å². The average Bonchev–Trinajstić information content (AvgIpc) is 2.75. The summed E-state index contributed by atoms with van der Waals surface area (Å²) in [6.07, 6.45) is -0.299. The van der Waals surface area contributed by atoms with Gasteiger partial charge in [-0.3, -0.25) is 10.1 Å². The Morgan fingerprint density at radius 2 is 1.88 bits per heavy atom. The zero-order valence-corrected chi connectivity index (χ0v) is 21.6. The van der Waals surface area contributed by atoms with Crippen molar-refractivity contribution in [2.24, 2.45) is 0 Å². The molecule has 0 saturated carbocycles. The Morgan fingerprint density at radius 1 is 1.21 bits per heavy atom. The third-order valence-electron chi connectivity index (χ3n) is 6.25. The van der Waals surface area contributed by atoms with Gasteiger partial charge in [-0.2, -0.15) is 0 Å². The van der Waals surface area contributed by atoms with E-state index < -0.39 is 24.7 Å². The number of hydrogen-bond acceptors (Lipinski definition) is 6. The number of carbonyl (C=O) groups is 1. The fourth-order valence-electron chi connectivity index (χ4n) is 3.70. The number of benzene rings is 2. The zero-order chi connectivity index (χ0) is 25.4. The summed E-state index contributed by atoms with van der Waals surface area (Å²) in [5.74, 6) is 0.384. The highest BCUT2D eigenvalue weighted by Crippen LogP contribution is 2.37. The van der Waals surface area contributed by atoms with E-state index in [2.05, 4.69) is 26.6 Å². The Balaban J connectivity index is 2.19. The van der Waals surface area contributed by atoms with E-state index in [1.807, 2.05) is 13.0 Å². The zero-order valence-electron chi connectivity index (χ0n) is 20.6. The number of ether oxygens (including phenoxy) is 1. The smallest absolute Gasteiger partial charge is 0.414 e. The molecule has 0 spiro atoms. The van der Waals surface area contributed by atoms with Gasteiger partial charge in [0.25, 0.3) is 5.69 Å². The Labute approximate surface area is 199 Å². The maximum absolute atomic E-state index is 12.9. The standard InChI is InChI=1S/C25H30N2O6Si/c1-15-19-13-21(16(2)34(5,6)7)23(33-25(29)26(3)4)14-22(19)32-24(28)20(15)12-17-9-8-10-18(11-17)27(30)31/h8-11,13-14,16H,12H2,1-7H3. The van der Waals surface area contributed by atoms with Crippen LogP contribution in [0.4, 0.5) is 10.5 Å². The molecular formula is C25H30N2O6Si. The summed E-state index contributed by atoms with van der Waals surface area (Å²) in [4.78, 5) is 37.2. The molecule has 8 nitrogen and oxygen atoms in total. The Morgan fingerprint density at radius 3 is 2.47 bits per heavy atom. The van der Waals surface area contributed by atoms with Gasteiger partial charge in [0.1, 0.15) is 11.3 Å². The molecule has 34 heavy (non-hydrogen) atoms. The van der Waals surface area contributed by atoms with Crippen molar-refractivity contribution in [3.8, 4) is 5.75 Å². The molecule has 0 fully saturated rings. The molecule has 0 bridgehead atoms. The molecule has 2 aromatic carbocycles. The number of hydrogen-bond donors (Lipinski definition) is 0.